The van der Waals surface area contributed by atoms with Gasteiger partial charge >= 0.3 is 5.97 Å². The van der Waals surface area contributed by atoms with Gasteiger partial charge in [-0.15, -0.1) is 0 Å². The fourth-order valence-electron chi connectivity index (χ4n) is 9.63. The lowest BCUT2D eigenvalue weighted by molar-refractivity contribution is -0.163. The van der Waals surface area contributed by atoms with Crippen LogP contribution in [0.3, 0.4) is 0 Å². The molecule has 30 heavy (non-hydrogen) atoms. The zero-order valence-electron chi connectivity index (χ0n) is 19.1. The Bertz CT molecular complexity index is 798. The van der Waals surface area contributed by atoms with Gasteiger partial charge in [-0.3, -0.25) is 4.79 Å². The smallest absolute Gasteiger partial charge is 0.310 e. The Morgan fingerprint density at radius 1 is 1.03 bits per heavy atom. The summed E-state index contributed by atoms with van der Waals surface area (Å²) >= 11 is 0. The fraction of sp³-hybridized carbons (Fsp3) is 0.815. The molecule has 9 atom stereocenters. The summed E-state index contributed by atoms with van der Waals surface area (Å²) in [5.41, 5.74) is 2.54. The maximum absolute atomic E-state index is 12.5. The van der Waals surface area contributed by atoms with Crippen molar-refractivity contribution in [2.75, 3.05) is 0 Å². The molecule has 0 aromatic heterocycles. The molecule has 3 nitrogen and oxygen atoms in total. The van der Waals surface area contributed by atoms with E-state index in [1.165, 1.54) is 18.4 Å². The van der Waals surface area contributed by atoms with Crippen molar-refractivity contribution in [1.29, 1.82) is 0 Å². The van der Waals surface area contributed by atoms with E-state index >= 15 is 0 Å². The molecule has 0 aromatic rings. The molecule has 5 aliphatic carbocycles. The second kappa shape index (κ2) is 6.70. The van der Waals surface area contributed by atoms with Crippen LogP contribution in [0.1, 0.15) is 85.0 Å². The summed E-state index contributed by atoms with van der Waals surface area (Å²) < 4.78 is 0. The molecule has 166 valence electrons. The summed E-state index contributed by atoms with van der Waals surface area (Å²) in [5.74, 6) is 1.74. The second-order valence-electron chi connectivity index (χ2n) is 12.1. The van der Waals surface area contributed by atoms with Crippen molar-refractivity contribution in [2.45, 2.75) is 91.1 Å². The third kappa shape index (κ3) is 2.51. The van der Waals surface area contributed by atoms with Crippen LogP contribution in [0.15, 0.2) is 23.8 Å². The number of aliphatic carboxylic acids is 1. The van der Waals surface area contributed by atoms with Crippen LogP contribution in [-0.2, 0) is 4.79 Å². The number of hydrogen-bond acceptors (Lipinski definition) is 2. The molecule has 0 heterocycles. The predicted molar refractivity (Wildman–Crippen MR) is 119 cm³/mol. The number of fused-ring (bicyclic) bond motifs is 7. The van der Waals surface area contributed by atoms with Gasteiger partial charge in [-0.1, -0.05) is 51.8 Å². The van der Waals surface area contributed by atoms with Crippen LogP contribution in [0.2, 0.25) is 0 Å². The number of rotatable bonds is 1. The molecule has 0 spiro atoms. The van der Waals surface area contributed by atoms with Gasteiger partial charge in [0.05, 0.1) is 11.5 Å². The van der Waals surface area contributed by atoms with Crippen molar-refractivity contribution < 1.29 is 15.0 Å². The monoisotopic (exact) mass is 412 g/mol. The Labute approximate surface area is 182 Å². The second-order valence-corrected chi connectivity index (χ2v) is 12.1. The maximum Gasteiger partial charge on any atom is 0.310 e. The van der Waals surface area contributed by atoms with Crippen LogP contribution in [0.5, 0.6) is 0 Å². The summed E-state index contributed by atoms with van der Waals surface area (Å²) in [6.45, 7) is 11.6. The highest BCUT2D eigenvalue weighted by Gasteiger charge is 2.63. The van der Waals surface area contributed by atoms with Crippen molar-refractivity contribution in [2.24, 2.45) is 45.8 Å². The minimum atomic E-state index is -0.543. The first kappa shape index (κ1) is 20.8. The van der Waals surface area contributed by atoms with E-state index in [1.54, 1.807) is 0 Å². The summed E-state index contributed by atoms with van der Waals surface area (Å²) in [4.78, 5) is 12.5. The predicted octanol–water partition coefficient (Wildman–Crippen LogP) is 5.98. The Morgan fingerprint density at radius 2 is 1.70 bits per heavy atom. The van der Waals surface area contributed by atoms with Crippen molar-refractivity contribution in [3.05, 3.63) is 23.8 Å². The number of hydrogen-bond donors (Lipinski definition) is 2. The van der Waals surface area contributed by atoms with Gasteiger partial charge in [-0.25, -0.2) is 0 Å². The van der Waals surface area contributed by atoms with Crippen LogP contribution >= 0.6 is 0 Å². The van der Waals surface area contributed by atoms with E-state index in [1.807, 2.05) is 0 Å². The van der Waals surface area contributed by atoms with Crippen LogP contribution in [0.25, 0.3) is 0 Å². The standard InChI is InChI=1S/C27H40O3/c1-16-6-5-12-27(24(29)30)15-10-20-18(23(16)27)7-8-22-25(3)14-11-21(28)17(2)19(25)9-13-26(20,22)4/h7,16,19-23,28H,2,5-6,8-15H2,1,3-4H3,(H,29,30)/t16-,19?,20?,21-,22?,23?,25-,26-,27-/m0/s1. The minimum Gasteiger partial charge on any atom is -0.481 e. The highest BCUT2D eigenvalue weighted by Crippen LogP contribution is 2.70. The van der Waals surface area contributed by atoms with Gasteiger partial charge in [-0.05, 0) is 97.4 Å². The lowest BCUT2D eigenvalue weighted by atomic mass is 9.39. The number of carbonyl (C=O) groups is 1. The first-order valence-electron chi connectivity index (χ1n) is 12.5. The maximum atomic E-state index is 12.5. The summed E-state index contributed by atoms with van der Waals surface area (Å²) in [6, 6.07) is 0. The number of allylic oxidation sites excluding steroid dienone is 2. The molecule has 0 bridgehead atoms. The molecule has 4 saturated carbocycles. The Hall–Kier alpha value is -1.09. The number of aliphatic hydroxyl groups excluding tert-OH is 1. The van der Waals surface area contributed by atoms with E-state index in [4.69, 9.17) is 0 Å². The van der Waals surface area contributed by atoms with E-state index in [0.29, 0.717) is 23.7 Å². The van der Waals surface area contributed by atoms with Crippen molar-refractivity contribution in [1.82, 2.24) is 0 Å². The molecule has 0 aliphatic heterocycles. The number of carboxylic acid groups (broad SMARTS) is 1. The Balaban J connectivity index is 1.55. The zero-order valence-corrected chi connectivity index (χ0v) is 19.1. The molecule has 5 rings (SSSR count). The van der Waals surface area contributed by atoms with E-state index in [-0.39, 0.29) is 22.9 Å². The number of aliphatic hydroxyl groups is 1. The molecule has 4 unspecified atom stereocenters. The van der Waals surface area contributed by atoms with Gasteiger partial charge in [0.1, 0.15) is 0 Å². The van der Waals surface area contributed by atoms with Crippen LogP contribution in [-0.4, -0.2) is 22.3 Å². The quantitative estimate of drug-likeness (QED) is 0.521. The van der Waals surface area contributed by atoms with Gasteiger partial charge in [0, 0.05) is 0 Å². The third-order valence-electron chi connectivity index (χ3n) is 11.1. The van der Waals surface area contributed by atoms with Crippen LogP contribution in [0.4, 0.5) is 0 Å². The molecular formula is C27H40O3. The summed E-state index contributed by atoms with van der Waals surface area (Å²) in [6.07, 6.45) is 12.5. The molecule has 0 radical (unpaired) electrons. The van der Waals surface area contributed by atoms with Gasteiger partial charge in [0.25, 0.3) is 0 Å². The van der Waals surface area contributed by atoms with Crippen molar-refractivity contribution in [3.8, 4) is 0 Å². The summed E-state index contributed by atoms with van der Waals surface area (Å²) in [5, 5.41) is 20.8. The lowest BCUT2D eigenvalue weighted by Crippen LogP contribution is -2.59. The van der Waals surface area contributed by atoms with Gasteiger partial charge < -0.3 is 10.2 Å². The van der Waals surface area contributed by atoms with Crippen LogP contribution < -0.4 is 0 Å². The topological polar surface area (TPSA) is 57.5 Å². The molecule has 5 aliphatic rings. The van der Waals surface area contributed by atoms with Gasteiger partial charge in [0.15, 0.2) is 0 Å². The molecule has 4 fully saturated rings. The van der Waals surface area contributed by atoms with E-state index < -0.39 is 11.4 Å². The Kier molecular flexibility index (Phi) is 4.65. The molecule has 0 amide bonds. The Morgan fingerprint density at radius 3 is 2.43 bits per heavy atom. The summed E-state index contributed by atoms with van der Waals surface area (Å²) in [7, 11) is 0. The minimum absolute atomic E-state index is 0.213. The molecular weight excluding hydrogens is 372 g/mol. The third-order valence-corrected chi connectivity index (χ3v) is 11.1. The normalized spacial score (nSPS) is 52.9. The fourth-order valence-corrected chi connectivity index (χ4v) is 9.63. The highest BCUT2D eigenvalue weighted by molar-refractivity contribution is 5.76. The van der Waals surface area contributed by atoms with Gasteiger partial charge in [-0.2, -0.15) is 0 Å². The van der Waals surface area contributed by atoms with Gasteiger partial charge in [0.2, 0.25) is 0 Å². The first-order chi connectivity index (χ1) is 14.1. The molecule has 0 aromatic carbocycles. The molecule has 2 N–H and O–H groups in total. The highest BCUT2D eigenvalue weighted by atomic mass is 16.4. The largest absolute Gasteiger partial charge is 0.481 e. The lowest BCUT2D eigenvalue weighted by Gasteiger charge is -2.65. The average molecular weight is 413 g/mol. The van der Waals surface area contributed by atoms with E-state index in [2.05, 4.69) is 33.4 Å². The van der Waals surface area contributed by atoms with Crippen molar-refractivity contribution in [3.63, 3.8) is 0 Å². The van der Waals surface area contributed by atoms with Crippen molar-refractivity contribution >= 4 is 5.97 Å². The molecule has 3 heteroatoms. The van der Waals surface area contributed by atoms with Crippen LogP contribution in [0, 0.1) is 45.8 Å². The zero-order chi connectivity index (χ0) is 21.5. The van der Waals surface area contributed by atoms with E-state index in [0.717, 1.165) is 56.9 Å². The number of carboxylic acids is 1. The average Bonchev–Trinajstić information content (AvgIpc) is 2.70. The SMILES string of the molecule is C=C1C2CC[C@@]3(C)C4CC[C@@]5(C(=O)O)CCC[C@H](C)C5C4=CCC3[C@@]2(C)CC[C@@H]1O. The van der Waals surface area contributed by atoms with E-state index in [9.17, 15) is 15.0 Å². The molecule has 0 saturated heterocycles. The first-order valence-corrected chi connectivity index (χ1v) is 12.5.